The minimum atomic E-state index is -1.21. The summed E-state index contributed by atoms with van der Waals surface area (Å²) >= 11 is 0. The van der Waals surface area contributed by atoms with Gasteiger partial charge in [0.15, 0.2) is 17.2 Å². The van der Waals surface area contributed by atoms with Crippen LogP contribution in [0.4, 0.5) is 17.8 Å². The van der Waals surface area contributed by atoms with Gasteiger partial charge < -0.3 is 29.8 Å². The van der Waals surface area contributed by atoms with E-state index >= 15 is 0 Å². The summed E-state index contributed by atoms with van der Waals surface area (Å²) in [5.41, 5.74) is 14.1. The molecule has 0 aliphatic carbocycles. The molecule has 4 rings (SSSR count). The number of anilines is 3. The molecule has 0 aliphatic rings. The van der Waals surface area contributed by atoms with Crippen LogP contribution in [0.3, 0.4) is 0 Å². The fourth-order valence-electron chi connectivity index (χ4n) is 3.12. The number of carbonyl (C=O) groups is 3. The predicted octanol–water partition coefficient (Wildman–Crippen LogP) is 1.70. The topological polar surface area (TPSA) is 250 Å². The van der Waals surface area contributed by atoms with Crippen molar-refractivity contribution in [2.24, 2.45) is 0 Å². The highest BCUT2D eigenvalue weighted by molar-refractivity contribution is 5.91. The SMILES string of the molecule is O=C(O)c1ccccc1ONNc1nc(NNOc2ccccc2C(=O)O)nc(NNOc2ccccc2C(=O)O)n1. The molecule has 0 aliphatic heterocycles. The van der Waals surface area contributed by atoms with Gasteiger partial charge in [0, 0.05) is 0 Å². The van der Waals surface area contributed by atoms with Crippen molar-refractivity contribution in [2.45, 2.75) is 0 Å². The standard InChI is InChI=1S/C24H21N9O9/c34-19(35)13-7-1-4-10-16(13)40-31-28-22-25-23(29-32-41-17-11-5-2-8-14(17)20(36)37)27-24(26-22)30-33-42-18-12-6-3-9-15(18)21(38)39/h1-12,31-33H,(H,34,35)(H,36,37)(H,38,39)(H3,25,26,27,28,29,30). The molecule has 1 aromatic heterocycles. The zero-order valence-corrected chi connectivity index (χ0v) is 21.1. The number of rotatable bonds is 15. The molecule has 0 atom stereocenters. The summed E-state index contributed by atoms with van der Waals surface area (Å²) in [5, 5.41) is 27.9. The average molecular weight is 579 g/mol. The van der Waals surface area contributed by atoms with Gasteiger partial charge in [0.25, 0.3) is 0 Å². The molecule has 42 heavy (non-hydrogen) atoms. The zero-order valence-electron chi connectivity index (χ0n) is 21.1. The quantitative estimate of drug-likeness (QED) is 0.0908. The third-order valence-electron chi connectivity index (χ3n) is 4.96. The van der Waals surface area contributed by atoms with Gasteiger partial charge >= 0.3 is 17.9 Å². The molecule has 216 valence electrons. The lowest BCUT2D eigenvalue weighted by Crippen LogP contribution is -2.32. The second-order valence-electron chi connectivity index (χ2n) is 7.70. The number of aromatic carboxylic acids is 3. The van der Waals surface area contributed by atoms with Gasteiger partial charge in [0.05, 0.1) is 0 Å². The van der Waals surface area contributed by atoms with E-state index in [-0.39, 0.29) is 51.8 Å². The normalized spacial score (nSPS) is 10.3. The molecule has 0 saturated carbocycles. The zero-order chi connectivity index (χ0) is 29.9. The highest BCUT2D eigenvalue weighted by Crippen LogP contribution is 2.19. The lowest BCUT2D eigenvalue weighted by molar-refractivity contribution is 0.0677. The first-order chi connectivity index (χ1) is 20.3. The summed E-state index contributed by atoms with van der Waals surface area (Å²) in [6.45, 7) is 0. The van der Waals surface area contributed by atoms with Gasteiger partial charge in [-0.1, -0.05) is 53.2 Å². The summed E-state index contributed by atoms with van der Waals surface area (Å²) in [6, 6.07) is 17.6. The molecule has 0 spiro atoms. The summed E-state index contributed by atoms with van der Waals surface area (Å²) in [5.74, 6) is -4.20. The van der Waals surface area contributed by atoms with E-state index in [2.05, 4.69) is 48.0 Å². The van der Waals surface area contributed by atoms with Crippen molar-refractivity contribution in [3.63, 3.8) is 0 Å². The van der Waals surface area contributed by atoms with Crippen LogP contribution in [0.1, 0.15) is 31.1 Å². The van der Waals surface area contributed by atoms with E-state index in [4.69, 9.17) is 14.5 Å². The van der Waals surface area contributed by atoms with Crippen molar-refractivity contribution >= 4 is 35.8 Å². The molecule has 9 N–H and O–H groups in total. The van der Waals surface area contributed by atoms with Crippen LogP contribution in [-0.2, 0) is 0 Å². The van der Waals surface area contributed by atoms with Gasteiger partial charge in [-0.25, -0.2) is 14.4 Å². The lowest BCUT2D eigenvalue weighted by atomic mass is 10.2. The first kappa shape index (κ1) is 28.8. The van der Waals surface area contributed by atoms with Crippen LogP contribution in [0, 0.1) is 0 Å². The summed E-state index contributed by atoms with van der Waals surface area (Å²) in [4.78, 5) is 62.1. The van der Waals surface area contributed by atoms with Crippen LogP contribution >= 0.6 is 0 Å². The Balaban J connectivity index is 1.46. The smallest absolute Gasteiger partial charge is 0.339 e. The summed E-state index contributed by atoms with van der Waals surface area (Å²) in [7, 11) is 0. The van der Waals surface area contributed by atoms with Crippen LogP contribution in [0.5, 0.6) is 17.2 Å². The molecule has 0 bridgehead atoms. The van der Waals surface area contributed by atoms with Crippen LogP contribution in [0.15, 0.2) is 72.8 Å². The fourth-order valence-corrected chi connectivity index (χ4v) is 3.12. The maximum atomic E-state index is 11.4. The van der Waals surface area contributed by atoms with Gasteiger partial charge in [-0.2, -0.15) is 15.0 Å². The van der Waals surface area contributed by atoms with E-state index < -0.39 is 17.9 Å². The predicted molar refractivity (Wildman–Crippen MR) is 142 cm³/mol. The van der Waals surface area contributed by atoms with Crippen molar-refractivity contribution in [1.29, 1.82) is 0 Å². The van der Waals surface area contributed by atoms with Gasteiger partial charge in [-0.3, -0.25) is 16.3 Å². The van der Waals surface area contributed by atoms with E-state index in [1.54, 1.807) is 18.2 Å². The first-order valence-electron chi connectivity index (χ1n) is 11.6. The molecule has 0 unspecified atom stereocenters. The second kappa shape index (κ2) is 13.7. The lowest BCUT2D eigenvalue weighted by Gasteiger charge is -2.14. The number of benzene rings is 3. The van der Waals surface area contributed by atoms with E-state index in [0.29, 0.717) is 0 Å². The van der Waals surface area contributed by atoms with Crippen LogP contribution < -0.4 is 47.6 Å². The van der Waals surface area contributed by atoms with Crippen molar-refractivity contribution < 1.29 is 44.2 Å². The van der Waals surface area contributed by atoms with Gasteiger partial charge in [0.2, 0.25) is 17.8 Å². The van der Waals surface area contributed by atoms with Crippen molar-refractivity contribution in [2.75, 3.05) is 16.3 Å². The Hall–Kier alpha value is -6.24. The number of nitrogens with one attached hydrogen (secondary N) is 6. The Morgan fingerprint density at radius 2 is 0.738 bits per heavy atom. The maximum Gasteiger partial charge on any atom is 0.339 e. The monoisotopic (exact) mass is 579 g/mol. The molecule has 1 heterocycles. The average Bonchev–Trinajstić information content (AvgIpc) is 2.97. The minimum absolute atomic E-state index is 0.0115. The van der Waals surface area contributed by atoms with Crippen LogP contribution in [0.25, 0.3) is 0 Å². The molecular formula is C24H21N9O9. The Morgan fingerprint density at radius 1 is 0.476 bits per heavy atom. The number of nitrogens with zero attached hydrogens (tertiary/aromatic N) is 3. The summed E-state index contributed by atoms with van der Waals surface area (Å²) < 4.78 is 0. The number of aromatic nitrogens is 3. The number of para-hydroxylation sites is 3. The number of hydrogen-bond acceptors (Lipinski definition) is 15. The summed E-state index contributed by atoms with van der Waals surface area (Å²) in [6.07, 6.45) is 0. The Kier molecular flexibility index (Phi) is 9.39. The Bertz CT molecular complexity index is 1390. The molecule has 0 amide bonds. The molecule has 3 aromatic carbocycles. The first-order valence-corrected chi connectivity index (χ1v) is 11.6. The molecule has 18 nitrogen and oxygen atoms in total. The van der Waals surface area contributed by atoms with Crippen molar-refractivity contribution in [1.82, 2.24) is 31.7 Å². The van der Waals surface area contributed by atoms with E-state index in [1.165, 1.54) is 54.6 Å². The molecule has 18 heteroatoms. The Morgan fingerprint density at radius 3 is 1.00 bits per heavy atom. The van der Waals surface area contributed by atoms with E-state index in [0.717, 1.165) is 0 Å². The largest absolute Gasteiger partial charge is 0.478 e. The van der Waals surface area contributed by atoms with Gasteiger partial charge in [-0.15, -0.1) is 0 Å². The number of carboxylic acid groups (broad SMARTS) is 3. The fraction of sp³-hybridized carbons (Fsp3) is 0. The molecule has 0 fully saturated rings. The van der Waals surface area contributed by atoms with Gasteiger partial charge in [-0.05, 0) is 36.4 Å². The molecule has 0 saturated heterocycles. The van der Waals surface area contributed by atoms with Crippen molar-refractivity contribution in [3.8, 4) is 17.2 Å². The minimum Gasteiger partial charge on any atom is -0.478 e. The van der Waals surface area contributed by atoms with Crippen LogP contribution in [-0.4, -0.2) is 48.2 Å². The number of hydrazine groups is 3. The van der Waals surface area contributed by atoms with Gasteiger partial charge in [0.1, 0.15) is 16.7 Å². The number of hydrogen-bond donors (Lipinski definition) is 9. The second-order valence-corrected chi connectivity index (χ2v) is 7.70. The van der Waals surface area contributed by atoms with Crippen molar-refractivity contribution in [3.05, 3.63) is 89.5 Å². The van der Waals surface area contributed by atoms with Crippen LogP contribution in [0.2, 0.25) is 0 Å². The molecule has 4 aromatic rings. The molecule has 0 radical (unpaired) electrons. The van der Waals surface area contributed by atoms with E-state index in [9.17, 15) is 29.7 Å². The number of carboxylic acids is 3. The third kappa shape index (κ3) is 7.66. The highest BCUT2D eigenvalue weighted by Gasteiger charge is 2.14. The highest BCUT2D eigenvalue weighted by atomic mass is 16.7. The maximum absolute atomic E-state index is 11.4. The Labute approximate surface area is 235 Å². The third-order valence-corrected chi connectivity index (χ3v) is 4.96. The van der Waals surface area contributed by atoms with E-state index in [1.807, 2.05) is 0 Å². The molecular weight excluding hydrogens is 558 g/mol.